The van der Waals surface area contributed by atoms with Crippen molar-refractivity contribution in [2.75, 3.05) is 39.3 Å². The van der Waals surface area contributed by atoms with E-state index in [0.29, 0.717) is 35.8 Å². The van der Waals surface area contributed by atoms with Crippen molar-refractivity contribution in [3.05, 3.63) is 57.2 Å². The van der Waals surface area contributed by atoms with Gasteiger partial charge < -0.3 is 10.2 Å². The zero-order valence-corrected chi connectivity index (χ0v) is 15.4. The molecular weight excluding hydrogens is 358 g/mol. The number of amides is 2. The molecule has 0 atom stereocenters. The van der Waals surface area contributed by atoms with Gasteiger partial charge in [-0.05, 0) is 29.6 Å². The molecule has 0 saturated carbocycles. The van der Waals surface area contributed by atoms with Crippen molar-refractivity contribution in [2.45, 2.75) is 0 Å². The largest absolute Gasteiger partial charge is 0.351 e. The van der Waals surface area contributed by atoms with E-state index in [0.717, 1.165) is 19.6 Å². The monoisotopic (exact) mass is 377 g/mol. The summed E-state index contributed by atoms with van der Waals surface area (Å²) in [4.78, 5) is 28.5. The Morgan fingerprint density at radius 1 is 1.12 bits per heavy atom. The summed E-state index contributed by atoms with van der Waals surface area (Å²) in [5, 5.41) is 7.24. The minimum Gasteiger partial charge on any atom is -0.351 e. The maximum Gasteiger partial charge on any atom is 0.253 e. The number of hydrogen-bond donors (Lipinski definition) is 1. The normalized spacial score (nSPS) is 15.2. The van der Waals surface area contributed by atoms with Crippen molar-refractivity contribution in [1.82, 2.24) is 15.1 Å². The Balaban J connectivity index is 1.41. The average Bonchev–Trinajstić information content (AvgIpc) is 3.16. The first kappa shape index (κ1) is 17.9. The Kier molecular flexibility index (Phi) is 6.07. The highest BCUT2D eigenvalue weighted by Gasteiger charge is 2.22. The zero-order valence-electron chi connectivity index (χ0n) is 13.8. The first-order chi connectivity index (χ1) is 12.1. The van der Waals surface area contributed by atoms with Gasteiger partial charge in [-0.1, -0.05) is 17.7 Å². The third-order valence-corrected chi connectivity index (χ3v) is 5.15. The highest BCUT2D eigenvalue weighted by Crippen LogP contribution is 2.14. The zero-order chi connectivity index (χ0) is 17.6. The smallest absolute Gasteiger partial charge is 0.253 e. The number of benzene rings is 1. The van der Waals surface area contributed by atoms with Crippen LogP contribution in [0.1, 0.15) is 20.7 Å². The summed E-state index contributed by atoms with van der Waals surface area (Å²) >= 11 is 7.47. The van der Waals surface area contributed by atoms with E-state index in [1.54, 1.807) is 24.3 Å². The van der Waals surface area contributed by atoms with Gasteiger partial charge >= 0.3 is 0 Å². The lowest BCUT2D eigenvalue weighted by Gasteiger charge is -2.34. The van der Waals surface area contributed by atoms with Crippen LogP contribution in [0.3, 0.4) is 0 Å². The Labute approximate surface area is 156 Å². The third-order valence-electron chi connectivity index (χ3n) is 4.23. The second-order valence-corrected chi connectivity index (χ2v) is 7.13. The van der Waals surface area contributed by atoms with Crippen LogP contribution in [-0.4, -0.2) is 60.9 Å². The average molecular weight is 378 g/mol. The first-order valence-corrected chi connectivity index (χ1v) is 9.53. The second-order valence-electron chi connectivity index (χ2n) is 5.91. The van der Waals surface area contributed by atoms with E-state index in [4.69, 9.17) is 11.6 Å². The fraction of sp³-hybridized carbons (Fsp3) is 0.333. The number of nitrogens with one attached hydrogen (secondary N) is 1. The van der Waals surface area contributed by atoms with Gasteiger partial charge in [-0.2, -0.15) is 11.3 Å². The minimum absolute atomic E-state index is 0.0212. The number of carbonyl (C=O) groups excluding carboxylic acids is 2. The molecule has 25 heavy (non-hydrogen) atoms. The predicted octanol–water partition coefficient (Wildman–Crippen LogP) is 2.59. The molecule has 3 rings (SSSR count). The molecule has 5 nitrogen and oxygen atoms in total. The molecule has 0 unspecified atom stereocenters. The molecule has 2 aromatic rings. The first-order valence-electron chi connectivity index (χ1n) is 8.21. The quantitative estimate of drug-likeness (QED) is 0.871. The fourth-order valence-corrected chi connectivity index (χ4v) is 3.63. The number of thiophene rings is 1. The summed E-state index contributed by atoms with van der Waals surface area (Å²) in [6.07, 6.45) is 0. The van der Waals surface area contributed by atoms with Gasteiger partial charge in [-0.25, -0.2) is 0 Å². The van der Waals surface area contributed by atoms with Gasteiger partial charge in [0.1, 0.15) is 0 Å². The van der Waals surface area contributed by atoms with Gasteiger partial charge in [0, 0.05) is 60.8 Å². The van der Waals surface area contributed by atoms with Gasteiger partial charge in [0.05, 0.1) is 0 Å². The molecule has 2 heterocycles. The van der Waals surface area contributed by atoms with Crippen molar-refractivity contribution >= 4 is 34.8 Å². The molecule has 0 radical (unpaired) electrons. The number of halogens is 1. The summed E-state index contributed by atoms with van der Waals surface area (Å²) < 4.78 is 0. The van der Waals surface area contributed by atoms with Crippen LogP contribution in [0, 0.1) is 0 Å². The summed E-state index contributed by atoms with van der Waals surface area (Å²) in [6.45, 7) is 4.38. The maximum atomic E-state index is 12.5. The molecule has 1 aliphatic rings. The minimum atomic E-state index is -0.0315. The lowest BCUT2D eigenvalue weighted by molar-refractivity contribution is 0.0638. The highest BCUT2D eigenvalue weighted by atomic mass is 35.5. The predicted molar refractivity (Wildman–Crippen MR) is 100 cm³/mol. The van der Waals surface area contributed by atoms with Crippen molar-refractivity contribution in [1.29, 1.82) is 0 Å². The molecule has 1 aromatic carbocycles. The van der Waals surface area contributed by atoms with Crippen molar-refractivity contribution in [3.8, 4) is 0 Å². The number of piperazine rings is 1. The third kappa shape index (κ3) is 4.81. The molecule has 1 saturated heterocycles. The number of carbonyl (C=O) groups is 2. The van der Waals surface area contributed by atoms with E-state index in [2.05, 4.69) is 10.2 Å². The summed E-state index contributed by atoms with van der Waals surface area (Å²) in [7, 11) is 0. The Bertz CT molecular complexity index is 728. The highest BCUT2D eigenvalue weighted by molar-refractivity contribution is 7.08. The molecule has 132 valence electrons. The van der Waals surface area contributed by atoms with E-state index in [9.17, 15) is 9.59 Å². The van der Waals surface area contributed by atoms with Crippen LogP contribution in [0.25, 0.3) is 0 Å². The molecular formula is C18H20ClN3O2S. The summed E-state index contributed by atoms with van der Waals surface area (Å²) in [6, 6.07) is 8.87. The van der Waals surface area contributed by atoms with E-state index < -0.39 is 0 Å². The Morgan fingerprint density at radius 3 is 2.60 bits per heavy atom. The lowest BCUT2D eigenvalue weighted by atomic mass is 10.2. The topological polar surface area (TPSA) is 52.7 Å². The van der Waals surface area contributed by atoms with Gasteiger partial charge in [0.25, 0.3) is 11.8 Å². The van der Waals surface area contributed by atoms with Crippen LogP contribution in [0.15, 0.2) is 41.1 Å². The molecule has 7 heteroatoms. The Morgan fingerprint density at radius 2 is 1.92 bits per heavy atom. The lowest BCUT2D eigenvalue weighted by Crippen LogP contribution is -2.50. The van der Waals surface area contributed by atoms with Gasteiger partial charge in [0.15, 0.2) is 0 Å². The molecule has 0 bridgehead atoms. The van der Waals surface area contributed by atoms with Crippen molar-refractivity contribution < 1.29 is 9.59 Å². The molecule has 0 spiro atoms. The number of rotatable bonds is 5. The number of hydrogen-bond acceptors (Lipinski definition) is 4. The fourth-order valence-electron chi connectivity index (χ4n) is 2.80. The molecule has 1 aliphatic heterocycles. The van der Waals surface area contributed by atoms with Gasteiger partial charge in [0.2, 0.25) is 0 Å². The second kappa shape index (κ2) is 8.47. The molecule has 0 aliphatic carbocycles. The van der Waals surface area contributed by atoms with E-state index in [1.165, 1.54) is 11.3 Å². The molecule has 1 fully saturated rings. The molecule has 2 amide bonds. The summed E-state index contributed by atoms with van der Waals surface area (Å²) in [5.41, 5.74) is 1.34. The van der Waals surface area contributed by atoms with Crippen LogP contribution in [0.4, 0.5) is 0 Å². The van der Waals surface area contributed by atoms with Crippen LogP contribution < -0.4 is 5.32 Å². The summed E-state index contributed by atoms with van der Waals surface area (Å²) in [5.74, 6) is -0.0102. The SMILES string of the molecule is O=C(NCCN1CCN(C(=O)c2cccc(Cl)c2)CC1)c1ccsc1. The van der Waals surface area contributed by atoms with Crippen molar-refractivity contribution in [3.63, 3.8) is 0 Å². The van der Waals surface area contributed by atoms with Crippen molar-refractivity contribution in [2.24, 2.45) is 0 Å². The van der Waals surface area contributed by atoms with Crippen LogP contribution in [-0.2, 0) is 0 Å². The van der Waals surface area contributed by atoms with Gasteiger partial charge in [-0.3, -0.25) is 14.5 Å². The number of nitrogens with zero attached hydrogens (tertiary/aromatic N) is 2. The standard InChI is InChI=1S/C18H20ClN3O2S/c19-16-3-1-2-14(12-16)18(24)22-9-7-21(8-10-22)6-5-20-17(23)15-4-11-25-13-15/h1-4,11-13H,5-10H2,(H,20,23). The molecule has 1 N–H and O–H groups in total. The van der Waals surface area contributed by atoms with Crippen LogP contribution in [0.5, 0.6) is 0 Å². The van der Waals surface area contributed by atoms with Crippen LogP contribution >= 0.6 is 22.9 Å². The Hall–Kier alpha value is -1.89. The maximum absolute atomic E-state index is 12.5. The van der Waals surface area contributed by atoms with Crippen LogP contribution in [0.2, 0.25) is 5.02 Å². The van der Waals surface area contributed by atoms with E-state index in [-0.39, 0.29) is 11.8 Å². The van der Waals surface area contributed by atoms with E-state index in [1.807, 2.05) is 21.7 Å². The molecule has 1 aromatic heterocycles. The van der Waals surface area contributed by atoms with Gasteiger partial charge in [-0.15, -0.1) is 0 Å². The van der Waals surface area contributed by atoms with E-state index >= 15 is 0 Å².